The van der Waals surface area contributed by atoms with E-state index in [-0.39, 0.29) is 54.1 Å². The average molecular weight is 395 g/mol. The molecule has 0 aliphatic carbocycles. The fourth-order valence-corrected chi connectivity index (χ4v) is 5.12. The second-order valence-electron chi connectivity index (χ2n) is 6.42. The summed E-state index contributed by atoms with van der Waals surface area (Å²) in [6.45, 7) is 3.47. The molecule has 1 saturated heterocycles. The number of nitrogens with zero attached hydrogens (tertiary/aromatic N) is 3. The van der Waals surface area contributed by atoms with Gasteiger partial charge in [-0.3, -0.25) is 4.79 Å². The molecule has 1 amide bonds. The summed E-state index contributed by atoms with van der Waals surface area (Å²) in [6.07, 6.45) is 1.77. The Bertz CT molecular complexity index is 996. The van der Waals surface area contributed by atoms with Crippen LogP contribution in [0.3, 0.4) is 0 Å². The minimum Gasteiger partial charge on any atom is -0.478 e. The van der Waals surface area contributed by atoms with Gasteiger partial charge in [-0.2, -0.15) is 4.31 Å². The van der Waals surface area contributed by atoms with E-state index in [2.05, 4.69) is 0 Å². The summed E-state index contributed by atoms with van der Waals surface area (Å²) in [7, 11) is -2.27. The van der Waals surface area contributed by atoms with Crippen LogP contribution in [0, 0.1) is 13.8 Å². The van der Waals surface area contributed by atoms with Crippen LogP contribution in [0.2, 0.25) is 0 Å². The smallest absolute Gasteiger partial charge is 0.340 e. The Hall–Kier alpha value is -2.59. The zero-order valence-corrected chi connectivity index (χ0v) is 16.1. The highest BCUT2D eigenvalue weighted by atomic mass is 32.2. The highest BCUT2D eigenvalue weighted by molar-refractivity contribution is 7.89. The van der Waals surface area contributed by atoms with E-state index in [1.54, 1.807) is 34.8 Å². The van der Waals surface area contributed by atoms with Crippen molar-refractivity contribution in [3.8, 4) is 0 Å². The predicted molar refractivity (Wildman–Crippen MR) is 95.2 cm³/mol. The number of rotatable bonds is 4. The maximum absolute atomic E-state index is 13.0. The van der Waals surface area contributed by atoms with Crippen LogP contribution in [0.5, 0.6) is 0 Å². The van der Waals surface area contributed by atoms with Crippen molar-refractivity contribution in [2.75, 3.05) is 26.2 Å². The van der Waals surface area contributed by atoms with Gasteiger partial charge in [-0.05, 0) is 26.0 Å². The number of aromatic carboxylic acids is 1. The van der Waals surface area contributed by atoms with Crippen molar-refractivity contribution in [3.63, 3.8) is 0 Å². The van der Waals surface area contributed by atoms with E-state index in [4.69, 9.17) is 4.42 Å². The minimum absolute atomic E-state index is 0.0483. The molecule has 27 heavy (non-hydrogen) atoms. The molecule has 10 heteroatoms. The Morgan fingerprint density at radius 2 is 1.74 bits per heavy atom. The fraction of sp³-hybridized carbons (Fsp3) is 0.412. The Labute approximate surface area is 156 Å². The first-order chi connectivity index (χ1) is 12.6. The SMILES string of the molecule is Cc1oc(C)c(S(=O)(=O)N2CCN(C(=O)c3cccn3C)CC2)c1C(=O)O. The average Bonchev–Trinajstić information content (AvgIpc) is 3.17. The van der Waals surface area contributed by atoms with Crippen LogP contribution in [0.15, 0.2) is 27.6 Å². The summed E-state index contributed by atoms with van der Waals surface area (Å²) in [5.41, 5.74) is 0.190. The molecule has 0 atom stereocenters. The first kappa shape index (κ1) is 19.2. The van der Waals surface area contributed by atoms with Crippen molar-refractivity contribution >= 4 is 21.9 Å². The van der Waals surface area contributed by atoms with E-state index in [0.29, 0.717) is 5.69 Å². The fourth-order valence-electron chi connectivity index (χ4n) is 3.33. The van der Waals surface area contributed by atoms with Crippen LogP contribution in [-0.2, 0) is 17.1 Å². The molecule has 0 unspecified atom stereocenters. The number of sulfonamides is 1. The quantitative estimate of drug-likeness (QED) is 0.829. The summed E-state index contributed by atoms with van der Waals surface area (Å²) in [5, 5.41) is 9.37. The number of hydrogen-bond donors (Lipinski definition) is 1. The van der Waals surface area contributed by atoms with Crippen LogP contribution in [0.4, 0.5) is 0 Å². The topological polar surface area (TPSA) is 113 Å². The van der Waals surface area contributed by atoms with Gasteiger partial charge in [0.2, 0.25) is 10.0 Å². The summed E-state index contributed by atoms with van der Waals surface area (Å²) < 4.78 is 34.2. The van der Waals surface area contributed by atoms with Gasteiger partial charge < -0.3 is 19.0 Å². The summed E-state index contributed by atoms with van der Waals surface area (Å²) >= 11 is 0. The van der Waals surface area contributed by atoms with Gasteiger partial charge in [0, 0.05) is 39.4 Å². The maximum atomic E-state index is 13.0. The van der Waals surface area contributed by atoms with Crippen LogP contribution in [0.25, 0.3) is 0 Å². The number of furan rings is 1. The number of aromatic nitrogens is 1. The number of amides is 1. The molecule has 0 aromatic carbocycles. The second kappa shape index (κ2) is 6.86. The number of piperazine rings is 1. The van der Waals surface area contributed by atoms with Gasteiger partial charge in [-0.15, -0.1) is 0 Å². The Kier molecular flexibility index (Phi) is 4.87. The van der Waals surface area contributed by atoms with Gasteiger partial charge in [-0.1, -0.05) is 0 Å². The van der Waals surface area contributed by atoms with E-state index in [0.717, 1.165) is 0 Å². The molecule has 146 valence electrons. The summed E-state index contributed by atoms with van der Waals surface area (Å²) in [5.74, 6) is -1.41. The number of carbonyl (C=O) groups excluding carboxylic acids is 1. The van der Waals surface area contributed by atoms with Crippen molar-refractivity contribution in [1.82, 2.24) is 13.8 Å². The first-order valence-corrected chi connectivity index (χ1v) is 9.82. The Balaban J connectivity index is 1.81. The largest absolute Gasteiger partial charge is 0.478 e. The van der Waals surface area contributed by atoms with E-state index >= 15 is 0 Å². The number of carboxylic acid groups (broad SMARTS) is 1. The van der Waals surface area contributed by atoms with Gasteiger partial charge in [0.05, 0.1) is 0 Å². The molecule has 0 bridgehead atoms. The zero-order valence-electron chi connectivity index (χ0n) is 15.3. The van der Waals surface area contributed by atoms with E-state index in [1.807, 2.05) is 0 Å². The molecule has 1 N–H and O–H groups in total. The van der Waals surface area contributed by atoms with Gasteiger partial charge in [0.1, 0.15) is 27.7 Å². The van der Waals surface area contributed by atoms with Crippen LogP contribution < -0.4 is 0 Å². The lowest BCUT2D eigenvalue weighted by atomic mass is 10.2. The second-order valence-corrected chi connectivity index (χ2v) is 8.30. The number of carboxylic acids is 1. The minimum atomic E-state index is -4.04. The molecule has 1 aliphatic rings. The monoisotopic (exact) mass is 395 g/mol. The molecule has 1 aliphatic heterocycles. The zero-order chi connectivity index (χ0) is 19.9. The van der Waals surface area contributed by atoms with Gasteiger partial charge >= 0.3 is 5.97 Å². The molecular formula is C17H21N3O6S. The molecule has 9 nitrogen and oxygen atoms in total. The van der Waals surface area contributed by atoms with Gasteiger partial charge in [0.15, 0.2) is 0 Å². The molecule has 0 radical (unpaired) electrons. The standard InChI is InChI=1S/C17H21N3O6S/c1-11-14(17(22)23)15(12(2)26-11)27(24,25)20-9-7-19(8-10-20)16(21)13-5-4-6-18(13)3/h4-6H,7-10H2,1-3H3,(H,22,23). The molecule has 2 aromatic heterocycles. The van der Waals surface area contributed by atoms with Gasteiger partial charge in [0.25, 0.3) is 5.91 Å². The van der Waals surface area contributed by atoms with Crippen molar-refractivity contribution in [2.24, 2.45) is 7.05 Å². The summed E-state index contributed by atoms with van der Waals surface area (Å²) in [6, 6.07) is 3.48. The number of aryl methyl sites for hydroxylation is 3. The molecular weight excluding hydrogens is 374 g/mol. The summed E-state index contributed by atoms with van der Waals surface area (Å²) in [4.78, 5) is 25.3. The lowest BCUT2D eigenvalue weighted by Crippen LogP contribution is -2.50. The van der Waals surface area contributed by atoms with Crippen molar-refractivity contribution in [1.29, 1.82) is 0 Å². The first-order valence-electron chi connectivity index (χ1n) is 8.38. The molecule has 0 spiro atoms. The number of hydrogen-bond acceptors (Lipinski definition) is 5. The molecule has 3 rings (SSSR count). The van der Waals surface area contributed by atoms with E-state index in [1.165, 1.54) is 18.2 Å². The Morgan fingerprint density at radius 3 is 2.26 bits per heavy atom. The molecule has 2 aromatic rings. The van der Waals surface area contributed by atoms with Crippen molar-refractivity contribution < 1.29 is 27.5 Å². The lowest BCUT2D eigenvalue weighted by Gasteiger charge is -2.34. The van der Waals surface area contributed by atoms with Gasteiger partial charge in [-0.25, -0.2) is 13.2 Å². The van der Waals surface area contributed by atoms with Crippen molar-refractivity contribution in [3.05, 3.63) is 41.1 Å². The van der Waals surface area contributed by atoms with Crippen LogP contribution >= 0.6 is 0 Å². The van der Waals surface area contributed by atoms with Crippen LogP contribution in [0.1, 0.15) is 32.4 Å². The number of carbonyl (C=O) groups is 2. The predicted octanol–water partition coefficient (Wildman–Crippen LogP) is 1.08. The van der Waals surface area contributed by atoms with E-state index < -0.39 is 16.0 Å². The molecule has 1 fully saturated rings. The third-order valence-corrected chi connectivity index (χ3v) is 6.76. The highest BCUT2D eigenvalue weighted by Crippen LogP contribution is 2.30. The lowest BCUT2D eigenvalue weighted by molar-refractivity contribution is 0.0686. The van der Waals surface area contributed by atoms with Crippen LogP contribution in [-0.4, -0.2) is 65.4 Å². The molecule has 3 heterocycles. The normalized spacial score (nSPS) is 15.9. The third kappa shape index (κ3) is 3.26. The van der Waals surface area contributed by atoms with E-state index in [9.17, 15) is 23.1 Å². The third-order valence-electron chi connectivity index (χ3n) is 4.71. The highest BCUT2D eigenvalue weighted by Gasteiger charge is 2.37. The molecule has 0 saturated carbocycles. The van der Waals surface area contributed by atoms with Crippen molar-refractivity contribution in [2.45, 2.75) is 18.7 Å². The maximum Gasteiger partial charge on any atom is 0.340 e. The Morgan fingerprint density at radius 1 is 1.11 bits per heavy atom.